The Labute approximate surface area is 113 Å². The summed E-state index contributed by atoms with van der Waals surface area (Å²) in [6, 6.07) is 2.73. The van der Waals surface area contributed by atoms with E-state index in [4.69, 9.17) is 5.11 Å². The van der Waals surface area contributed by atoms with Gasteiger partial charge in [0.05, 0.1) is 17.1 Å². The Morgan fingerprint density at radius 2 is 2.11 bits per heavy atom. The largest absolute Gasteiger partial charge is 0.478 e. The van der Waals surface area contributed by atoms with Crippen LogP contribution in [0.2, 0.25) is 0 Å². The van der Waals surface area contributed by atoms with Gasteiger partial charge < -0.3 is 10.4 Å². The molecule has 0 aromatic carbocycles. The Hall–Kier alpha value is -2.28. The molecule has 1 amide bonds. The van der Waals surface area contributed by atoms with Crippen LogP contribution in [0.3, 0.4) is 0 Å². The summed E-state index contributed by atoms with van der Waals surface area (Å²) in [7, 11) is 0. The molecule has 2 heterocycles. The van der Waals surface area contributed by atoms with Gasteiger partial charge in [-0.25, -0.2) is 9.78 Å². The fourth-order valence-corrected chi connectivity index (χ4v) is 2.13. The van der Waals surface area contributed by atoms with E-state index in [-0.39, 0.29) is 17.2 Å². The zero-order chi connectivity index (χ0) is 13.8. The van der Waals surface area contributed by atoms with E-state index in [1.54, 1.807) is 6.20 Å². The third kappa shape index (κ3) is 3.35. The molecule has 0 fully saturated rings. The van der Waals surface area contributed by atoms with Gasteiger partial charge in [0, 0.05) is 17.3 Å². The molecule has 0 aliphatic heterocycles. The van der Waals surface area contributed by atoms with Crippen LogP contribution in [0.1, 0.15) is 30.7 Å². The Balaban J connectivity index is 1.98. The van der Waals surface area contributed by atoms with Crippen molar-refractivity contribution in [2.24, 2.45) is 0 Å². The maximum atomic E-state index is 11.8. The summed E-state index contributed by atoms with van der Waals surface area (Å²) in [5, 5.41) is 12.4. The number of rotatable bonds is 4. The first-order chi connectivity index (χ1) is 9.06. The molecule has 2 rings (SSSR count). The molecule has 0 aliphatic rings. The third-order valence-corrected chi connectivity index (χ3v) is 3.25. The number of thiazole rings is 1. The van der Waals surface area contributed by atoms with E-state index in [1.807, 2.05) is 6.92 Å². The van der Waals surface area contributed by atoms with E-state index in [1.165, 1.54) is 23.5 Å². The first-order valence-electron chi connectivity index (χ1n) is 5.45. The minimum absolute atomic E-state index is 0.0506. The fraction of sp³-hybridized carbons (Fsp3) is 0.167. The summed E-state index contributed by atoms with van der Waals surface area (Å²) in [4.78, 5) is 31.3. The zero-order valence-corrected chi connectivity index (χ0v) is 10.9. The van der Waals surface area contributed by atoms with Crippen LogP contribution in [0.15, 0.2) is 24.5 Å². The molecule has 19 heavy (non-hydrogen) atoms. The van der Waals surface area contributed by atoms with Gasteiger partial charge in [0.25, 0.3) is 5.91 Å². The highest BCUT2D eigenvalue weighted by atomic mass is 32.1. The lowest BCUT2D eigenvalue weighted by molar-refractivity contribution is 0.0695. The number of amides is 1. The number of aromatic carboxylic acids is 1. The Morgan fingerprint density at radius 1 is 1.32 bits per heavy atom. The Bertz CT molecular complexity index is 607. The predicted octanol–water partition coefficient (Wildman–Crippen LogP) is 1.47. The molecule has 7 heteroatoms. The molecule has 0 spiro atoms. The number of aryl methyl sites for hydroxylation is 1. The van der Waals surface area contributed by atoms with Crippen LogP contribution in [0.25, 0.3) is 0 Å². The summed E-state index contributed by atoms with van der Waals surface area (Å²) in [6.45, 7) is 2.27. The number of carbonyl (C=O) groups excluding carboxylic acids is 1. The van der Waals surface area contributed by atoms with Crippen molar-refractivity contribution in [1.29, 1.82) is 0 Å². The standard InChI is InChI=1S/C12H11N3O3S/c1-7-13-5-9(19-7)6-15-11(16)10-3-2-8(4-14-10)12(17)18/h2-5H,6H2,1H3,(H,15,16)(H,17,18). The highest BCUT2D eigenvalue weighted by Crippen LogP contribution is 2.11. The van der Waals surface area contributed by atoms with Gasteiger partial charge in [0.1, 0.15) is 5.69 Å². The number of nitrogens with one attached hydrogen (secondary N) is 1. The van der Waals surface area contributed by atoms with E-state index in [0.29, 0.717) is 6.54 Å². The van der Waals surface area contributed by atoms with Crippen molar-refractivity contribution in [2.75, 3.05) is 0 Å². The number of aromatic nitrogens is 2. The lowest BCUT2D eigenvalue weighted by Crippen LogP contribution is -2.23. The maximum Gasteiger partial charge on any atom is 0.337 e. The smallest absolute Gasteiger partial charge is 0.337 e. The number of carbonyl (C=O) groups is 2. The topological polar surface area (TPSA) is 92.2 Å². The minimum atomic E-state index is -1.07. The van der Waals surface area contributed by atoms with E-state index >= 15 is 0 Å². The van der Waals surface area contributed by atoms with Crippen LogP contribution in [0, 0.1) is 6.92 Å². The average molecular weight is 277 g/mol. The summed E-state index contributed by atoms with van der Waals surface area (Å²) >= 11 is 1.51. The van der Waals surface area contributed by atoms with Crippen molar-refractivity contribution < 1.29 is 14.7 Å². The SMILES string of the molecule is Cc1ncc(CNC(=O)c2ccc(C(=O)O)cn2)s1. The van der Waals surface area contributed by atoms with Crippen molar-refractivity contribution >= 4 is 23.2 Å². The van der Waals surface area contributed by atoms with Gasteiger partial charge >= 0.3 is 5.97 Å². The number of nitrogens with zero attached hydrogens (tertiary/aromatic N) is 2. The van der Waals surface area contributed by atoms with E-state index in [0.717, 1.165) is 16.1 Å². The molecular formula is C12H11N3O3S. The molecule has 0 bridgehead atoms. The molecule has 0 saturated carbocycles. The van der Waals surface area contributed by atoms with Gasteiger partial charge in [-0.2, -0.15) is 0 Å². The second-order valence-electron chi connectivity index (χ2n) is 3.77. The maximum absolute atomic E-state index is 11.8. The fourth-order valence-electron chi connectivity index (χ4n) is 1.40. The molecule has 2 aromatic heterocycles. The van der Waals surface area contributed by atoms with Crippen molar-refractivity contribution in [3.8, 4) is 0 Å². The van der Waals surface area contributed by atoms with Crippen LogP contribution < -0.4 is 5.32 Å². The third-order valence-electron chi connectivity index (χ3n) is 2.34. The Kier molecular flexibility index (Phi) is 3.86. The second kappa shape index (κ2) is 5.57. The van der Waals surface area contributed by atoms with Crippen LogP contribution in [-0.4, -0.2) is 27.0 Å². The van der Waals surface area contributed by atoms with Gasteiger partial charge in [-0.15, -0.1) is 11.3 Å². The predicted molar refractivity (Wildman–Crippen MR) is 69.2 cm³/mol. The summed E-state index contributed by atoms with van der Waals surface area (Å²) < 4.78 is 0. The molecule has 0 saturated heterocycles. The lowest BCUT2D eigenvalue weighted by Gasteiger charge is -2.02. The van der Waals surface area contributed by atoms with Gasteiger partial charge in [0.15, 0.2) is 0 Å². The molecule has 0 aliphatic carbocycles. The normalized spacial score (nSPS) is 10.2. The van der Waals surface area contributed by atoms with Crippen molar-refractivity contribution in [3.63, 3.8) is 0 Å². The second-order valence-corrected chi connectivity index (χ2v) is 5.08. The zero-order valence-electron chi connectivity index (χ0n) is 10.1. The quantitative estimate of drug-likeness (QED) is 0.883. The molecular weight excluding hydrogens is 266 g/mol. The monoisotopic (exact) mass is 277 g/mol. The van der Waals surface area contributed by atoms with Crippen molar-refractivity contribution in [2.45, 2.75) is 13.5 Å². The molecule has 2 aromatic rings. The highest BCUT2D eigenvalue weighted by molar-refractivity contribution is 7.11. The molecule has 0 atom stereocenters. The first kappa shape index (κ1) is 13.2. The average Bonchev–Trinajstić information content (AvgIpc) is 2.82. The number of hydrogen-bond acceptors (Lipinski definition) is 5. The summed E-state index contributed by atoms with van der Waals surface area (Å²) in [5.74, 6) is -1.41. The van der Waals surface area contributed by atoms with Gasteiger partial charge in [-0.3, -0.25) is 9.78 Å². The van der Waals surface area contributed by atoms with Crippen LogP contribution >= 0.6 is 11.3 Å². The number of carboxylic acids is 1. The van der Waals surface area contributed by atoms with E-state index < -0.39 is 5.97 Å². The molecule has 98 valence electrons. The molecule has 0 unspecified atom stereocenters. The molecule has 6 nitrogen and oxygen atoms in total. The van der Waals surface area contributed by atoms with E-state index in [2.05, 4.69) is 15.3 Å². The lowest BCUT2D eigenvalue weighted by atomic mass is 10.2. The van der Waals surface area contributed by atoms with Crippen LogP contribution in [-0.2, 0) is 6.54 Å². The van der Waals surface area contributed by atoms with Crippen LogP contribution in [0.5, 0.6) is 0 Å². The molecule has 2 N–H and O–H groups in total. The van der Waals surface area contributed by atoms with Gasteiger partial charge in [-0.1, -0.05) is 0 Å². The Morgan fingerprint density at radius 3 is 2.63 bits per heavy atom. The first-order valence-corrected chi connectivity index (χ1v) is 6.27. The molecule has 0 radical (unpaired) electrons. The van der Waals surface area contributed by atoms with Gasteiger partial charge in [0.2, 0.25) is 0 Å². The van der Waals surface area contributed by atoms with Gasteiger partial charge in [-0.05, 0) is 19.1 Å². The highest BCUT2D eigenvalue weighted by Gasteiger charge is 2.09. The summed E-state index contributed by atoms with van der Waals surface area (Å²) in [5.41, 5.74) is 0.237. The van der Waals surface area contributed by atoms with Crippen molar-refractivity contribution in [1.82, 2.24) is 15.3 Å². The number of carboxylic acid groups (broad SMARTS) is 1. The van der Waals surface area contributed by atoms with Crippen LogP contribution in [0.4, 0.5) is 0 Å². The minimum Gasteiger partial charge on any atom is -0.478 e. The number of pyridine rings is 1. The van der Waals surface area contributed by atoms with E-state index in [9.17, 15) is 9.59 Å². The number of hydrogen-bond donors (Lipinski definition) is 2. The van der Waals surface area contributed by atoms with Crippen molar-refractivity contribution in [3.05, 3.63) is 45.7 Å². The summed E-state index contributed by atoms with van der Waals surface area (Å²) in [6.07, 6.45) is 2.87.